The molecule has 4 heteroatoms. The van der Waals surface area contributed by atoms with E-state index in [-0.39, 0.29) is 6.03 Å². The fourth-order valence-electron chi connectivity index (χ4n) is 1.37. The molecule has 0 atom stereocenters. The van der Waals surface area contributed by atoms with Crippen LogP contribution in [0.15, 0.2) is 16.9 Å². The Kier molecular flexibility index (Phi) is 5.02. The van der Waals surface area contributed by atoms with Crippen LogP contribution in [0, 0.1) is 0 Å². The highest BCUT2D eigenvalue weighted by Crippen LogP contribution is 2.18. The minimum atomic E-state index is -0.128. The maximum absolute atomic E-state index is 11.3. The molecule has 0 saturated heterocycles. The Morgan fingerprint density at radius 3 is 2.69 bits per heavy atom. The number of carbonyl (C=O) groups excluding carboxylic acids is 1. The number of amides is 2. The van der Waals surface area contributed by atoms with E-state index in [1.54, 1.807) is 0 Å². The summed E-state index contributed by atoms with van der Waals surface area (Å²) in [5.41, 5.74) is 1.08. The number of hydrogen-bond acceptors (Lipinski definition) is 2. The molecule has 0 unspecified atom stereocenters. The molecule has 1 saturated carbocycles. The van der Waals surface area contributed by atoms with E-state index < -0.39 is 0 Å². The van der Waals surface area contributed by atoms with Crippen molar-refractivity contribution in [3.05, 3.63) is 11.9 Å². The van der Waals surface area contributed by atoms with Crippen LogP contribution in [-0.4, -0.2) is 17.8 Å². The van der Waals surface area contributed by atoms with Crippen LogP contribution in [0.4, 0.5) is 4.79 Å². The molecule has 0 bridgehead atoms. The first-order valence-corrected chi connectivity index (χ1v) is 6.06. The van der Waals surface area contributed by atoms with E-state index in [2.05, 4.69) is 15.6 Å². The summed E-state index contributed by atoms with van der Waals surface area (Å²) in [7, 11) is 0. The average Bonchev–Trinajstić information content (AvgIpc) is 3.04. The molecule has 0 aromatic rings. The van der Waals surface area contributed by atoms with Crippen molar-refractivity contribution in [2.45, 2.75) is 52.5 Å². The summed E-state index contributed by atoms with van der Waals surface area (Å²) < 4.78 is 0. The molecule has 0 aromatic carbocycles. The van der Waals surface area contributed by atoms with Gasteiger partial charge in [-0.05, 0) is 38.7 Å². The third-order valence-corrected chi connectivity index (χ3v) is 2.31. The Morgan fingerprint density at radius 2 is 2.12 bits per heavy atom. The molecule has 2 amide bonds. The first kappa shape index (κ1) is 12.7. The van der Waals surface area contributed by atoms with Gasteiger partial charge in [-0.3, -0.25) is 5.32 Å². The molecule has 16 heavy (non-hydrogen) atoms. The van der Waals surface area contributed by atoms with Gasteiger partial charge in [-0.1, -0.05) is 13.8 Å². The van der Waals surface area contributed by atoms with Gasteiger partial charge in [0.1, 0.15) is 5.82 Å². The van der Waals surface area contributed by atoms with E-state index >= 15 is 0 Å². The molecular weight excluding hydrogens is 202 g/mol. The number of allylic oxidation sites excluding steroid dienone is 1. The van der Waals surface area contributed by atoms with Gasteiger partial charge in [0.15, 0.2) is 0 Å². The second-order valence-corrected chi connectivity index (χ2v) is 3.85. The lowest BCUT2D eigenvalue weighted by Crippen LogP contribution is -2.36. The summed E-state index contributed by atoms with van der Waals surface area (Å²) in [4.78, 5) is 15.6. The highest BCUT2D eigenvalue weighted by Gasteiger charge is 2.23. The zero-order chi connectivity index (χ0) is 12.0. The SMILES string of the molecule is CC.CC1=NC(NC(=O)NC2CC2)=CCC1. The normalized spacial score (nSPS) is 18.7. The maximum Gasteiger partial charge on any atom is 0.320 e. The van der Waals surface area contributed by atoms with Crippen molar-refractivity contribution in [2.75, 3.05) is 0 Å². The van der Waals surface area contributed by atoms with Crippen molar-refractivity contribution in [1.82, 2.24) is 10.6 Å². The monoisotopic (exact) mass is 223 g/mol. The average molecular weight is 223 g/mol. The maximum atomic E-state index is 11.3. The van der Waals surface area contributed by atoms with Crippen molar-refractivity contribution in [1.29, 1.82) is 0 Å². The number of urea groups is 1. The summed E-state index contributed by atoms with van der Waals surface area (Å²) in [5, 5.41) is 5.60. The quantitative estimate of drug-likeness (QED) is 0.742. The summed E-state index contributed by atoms with van der Waals surface area (Å²) in [6, 6.07) is 0.265. The predicted molar refractivity (Wildman–Crippen MR) is 66.5 cm³/mol. The fraction of sp³-hybridized carbons (Fsp3) is 0.667. The summed E-state index contributed by atoms with van der Waals surface area (Å²) in [5.74, 6) is 0.687. The summed E-state index contributed by atoms with van der Waals surface area (Å²) in [6.45, 7) is 5.98. The number of rotatable bonds is 2. The van der Waals surface area contributed by atoms with Crippen molar-refractivity contribution >= 4 is 11.7 Å². The van der Waals surface area contributed by atoms with E-state index in [9.17, 15) is 4.79 Å². The van der Waals surface area contributed by atoms with Crippen LogP contribution in [0.5, 0.6) is 0 Å². The van der Waals surface area contributed by atoms with E-state index in [0.717, 1.165) is 31.4 Å². The minimum Gasteiger partial charge on any atom is -0.335 e. The van der Waals surface area contributed by atoms with E-state index in [1.807, 2.05) is 26.8 Å². The molecule has 1 fully saturated rings. The molecular formula is C12H21N3O. The molecule has 1 aliphatic heterocycles. The molecule has 90 valence electrons. The molecule has 1 aliphatic carbocycles. The Bertz CT molecular complexity index is 303. The molecule has 1 heterocycles. The first-order valence-electron chi connectivity index (χ1n) is 6.06. The summed E-state index contributed by atoms with van der Waals surface area (Å²) in [6.07, 6.45) is 6.13. The highest BCUT2D eigenvalue weighted by atomic mass is 16.2. The lowest BCUT2D eigenvalue weighted by atomic mass is 10.2. The fourth-order valence-corrected chi connectivity index (χ4v) is 1.37. The number of nitrogens with zero attached hydrogens (tertiary/aromatic N) is 1. The van der Waals surface area contributed by atoms with Gasteiger partial charge in [-0.15, -0.1) is 0 Å². The van der Waals surface area contributed by atoms with Crippen LogP contribution in [0.25, 0.3) is 0 Å². The van der Waals surface area contributed by atoms with Crippen LogP contribution in [0.1, 0.15) is 46.5 Å². The highest BCUT2D eigenvalue weighted by molar-refractivity contribution is 5.85. The number of nitrogens with one attached hydrogen (secondary N) is 2. The second-order valence-electron chi connectivity index (χ2n) is 3.85. The van der Waals surface area contributed by atoms with Crippen LogP contribution < -0.4 is 10.6 Å². The summed E-state index contributed by atoms with van der Waals surface area (Å²) >= 11 is 0. The van der Waals surface area contributed by atoms with Gasteiger partial charge in [0.25, 0.3) is 0 Å². The molecule has 0 aromatic heterocycles. The Balaban J connectivity index is 0.000000606. The lowest BCUT2D eigenvalue weighted by molar-refractivity contribution is 0.243. The van der Waals surface area contributed by atoms with Crippen LogP contribution in [-0.2, 0) is 0 Å². The van der Waals surface area contributed by atoms with Crippen LogP contribution in [0.2, 0.25) is 0 Å². The minimum absolute atomic E-state index is 0.128. The number of aliphatic imine (C=N–C) groups is 1. The predicted octanol–water partition coefficient (Wildman–Crippen LogP) is 2.57. The zero-order valence-corrected chi connectivity index (χ0v) is 10.3. The van der Waals surface area contributed by atoms with Crippen molar-refractivity contribution in [3.8, 4) is 0 Å². The Morgan fingerprint density at radius 1 is 1.44 bits per heavy atom. The molecule has 0 spiro atoms. The van der Waals surface area contributed by atoms with Crippen molar-refractivity contribution in [2.24, 2.45) is 4.99 Å². The van der Waals surface area contributed by atoms with Crippen molar-refractivity contribution in [3.63, 3.8) is 0 Å². The van der Waals surface area contributed by atoms with Gasteiger partial charge < -0.3 is 5.32 Å². The standard InChI is InChI=1S/C10H15N3O.C2H6/c1-7-3-2-4-9(11-7)13-10(14)12-8-5-6-8;1-2/h4,8H,2-3,5-6H2,1H3,(H2,12,13,14);1-2H3. The molecule has 2 N–H and O–H groups in total. The Hall–Kier alpha value is -1.32. The van der Waals surface area contributed by atoms with Crippen molar-refractivity contribution < 1.29 is 4.79 Å². The number of carbonyl (C=O) groups is 1. The Labute approximate surface area is 97.2 Å². The van der Waals surface area contributed by atoms with Gasteiger partial charge in [0.05, 0.1) is 0 Å². The first-order chi connectivity index (χ1) is 7.74. The molecule has 0 radical (unpaired) electrons. The smallest absolute Gasteiger partial charge is 0.320 e. The third-order valence-electron chi connectivity index (χ3n) is 2.31. The zero-order valence-electron chi connectivity index (χ0n) is 10.3. The second kappa shape index (κ2) is 6.30. The van der Waals surface area contributed by atoms with Gasteiger partial charge in [-0.2, -0.15) is 0 Å². The van der Waals surface area contributed by atoms with Gasteiger partial charge in [0, 0.05) is 11.8 Å². The molecule has 4 nitrogen and oxygen atoms in total. The van der Waals surface area contributed by atoms with Gasteiger partial charge in [0.2, 0.25) is 0 Å². The van der Waals surface area contributed by atoms with Crippen LogP contribution in [0.3, 0.4) is 0 Å². The van der Waals surface area contributed by atoms with Gasteiger partial charge >= 0.3 is 6.03 Å². The lowest BCUT2D eigenvalue weighted by Gasteiger charge is -2.11. The molecule has 2 aliphatic rings. The van der Waals surface area contributed by atoms with E-state index in [0.29, 0.717) is 11.9 Å². The topological polar surface area (TPSA) is 53.5 Å². The van der Waals surface area contributed by atoms with Crippen LogP contribution >= 0.6 is 0 Å². The number of hydrogen-bond donors (Lipinski definition) is 2. The third kappa shape index (κ3) is 4.47. The molecule has 2 rings (SSSR count). The largest absolute Gasteiger partial charge is 0.335 e. The van der Waals surface area contributed by atoms with E-state index in [4.69, 9.17) is 0 Å². The van der Waals surface area contributed by atoms with E-state index in [1.165, 1.54) is 0 Å². The van der Waals surface area contributed by atoms with Gasteiger partial charge in [-0.25, -0.2) is 9.79 Å².